The number of rotatable bonds is 2. The second kappa shape index (κ2) is 11.4. The minimum absolute atomic E-state index is 0. The maximum absolute atomic E-state index is 4.22. The standard InChI is InChI=1S/C28H24N2.C11H8N.Ir/c1-18-9-7-10-19(2)26(18)30-17-29-23-16-15-20-11-5-6-12-21(20)25(23)28(3,4)22-13-8-14-24(30)27(22)29;1-2-6-10(7-3-1)11-8-4-5-9-12-11;/h5-15,17H,1-4H3;1-6,8-9H;/q-2;-1;+3. The molecule has 3 heterocycles. The summed E-state index contributed by atoms with van der Waals surface area (Å²) < 4.78 is 0. The van der Waals surface area contributed by atoms with Crippen molar-refractivity contribution in [2.75, 3.05) is 9.80 Å². The summed E-state index contributed by atoms with van der Waals surface area (Å²) in [6, 6.07) is 44.5. The zero-order valence-corrected chi connectivity index (χ0v) is 27.1. The molecule has 4 heteroatoms. The van der Waals surface area contributed by atoms with E-state index in [1.165, 1.54) is 50.1 Å². The molecule has 0 saturated carbocycles. The van der Waals surface area contributed by atoms with E-state index in [4.69, 9.17) is 0 Å². The third kappa shape index (κ3) is 4.85. The second-order valence-electron chi connectivity index (χ2n) is 11.5. The normalized spacial score (nSPS) is 13.9. The number of fused-ring (bicyclic) bond motifs is 4. The molecule has 0 amide bonds. The van der Waals surface area contributed by atoms with Gasteiger partial charge in [-0.05, 0) is 53.8 Å². The Labute approximate surface area is 268 Å². The molecule has 1 aromatic heterocycles. The van der Waals surface area contributed by atoms with Gasteiger partial charge < -0.3 is 14.8 Å². The van der Waals surface area contributed by atoms with Crippen molar-refractivity contribution in [1.29, 1.82) is 0 Å². The fourth-order valence-electron chi connectivity index (χ4n) is 6.48. The Hall–Kier alpha value is -4.24. The molecule has 0 saturated heterocycles. The molecule has 43 heavy (non-hydrogen) atoms. The monoisotopic (exact) mass is 735 g/mol. The largest absolute Gasteiger partial charge is 3.00 e. The third-order valence-electron chi connectivity index (χ3n) is 8.45. The Morgan fingerprint density at radius 3 is 2.21 bits per heavy atom. The van der Waals surface area contributed by atoms with Gasteiger partial charge in [0.15, 0.2) is 0 Å². The maximum Gasteiger partial charge on any atom is 3.00 e. The third-order valence-corrected chi connectivity index (χ3v) is 8.45. The van der Waals surface area contributed by atoms with Crippen LogP contribution in [0.4, 0.5) is 22.7 Å². The van der Waals surface area contributed by atoms with Crippen LogP contribution in [0.25, 0.3) is 22.0 Å². The number of aromatic nitrogens is 1. The number of benzene rings is 5. The average molecular weight is 735 g/mol. The molecule has 0 unspecified atom stereocenters. The van der Waals surface area contributed by atoms with Gasteiger partial charge in [-0.2, -0.15) is 12.1 Å². The molecule has 5 aromatic carbocycles. The smallest absolute Gasteiger partial charge is 0.493 e. The summed E-state index contributed by atoms with van der Waals surface area (Å²) in [6.45, 7) is 11.3. The Morgan fingerprint density at radius 2 is 1.47 bits per heavy atom. The van der Waals surface area contributed by atoms with Crippen LogP contribution in [-0.4, -0.2) is 4.98 Å². The Morgan fingerprint density at radius 1 is 0.721 bits per heavy atom. The van der Waals surface area contributed by atoms with Crippen LogP contribution in [0.3, 0.4) is 0 Å². The van der Waals surface area contributed by atoms with Gasteiger partial charge in [0.05, 0.1) is 0 Å². The van der Waals surface area contributed by atoms with Gasteiger partial charge in [-0.3, -0.25) is 0 Å². The molecule has 212 valence electrons. The first-order chi connectivity index (χ1) is 20.4. The van der Waals surface area contributed by atoms with Crippen molar-refractivity contribution in [3.8, 4) is 11.3 Å². The van der Waals surface area contributed by atoms with Gasteiger partial charge in [0.1, 0.15) is 0 Å². The van der Waals surface area contributed by atoms with Gasteiger partial charge in [0, 0.05) is 23.3 Å². The van der Waals surface area contributed by atoms with Crippen LogP contribution in [0, 0.1) is 32.6 Å². The van der Waals surface area contributed by atoms with E-state index in [1.54, 1.807) is 6.20 Å². The number of para-hydroxylation sites is 2. The maximum atomic E-state index is 4.22. The second-order valence-corrected chi connectivity index (χ2v) is 11.5. The molecule has 0 fully saturated rings. The summed E-state index contributed by atoms with van der Waals surface area (Å²) in [5, 5.41) is 2.56. The molecule has 0 radical (unpaired) electrons. The van der Waals surface area contributed by atoms with Crippen molar-refractivity contribution in [1.82, 2.24) is 4.98 Å². The summed E-state index contributed by atoms with van der Waals surface area (Å²) >= 11 is 0. The number of aryl methyl sites for hydroxylation is 2. The molecule has 0 atom stereocenters. The van der Waals surface area contributed by atoms with E-state index in [-0.39, 0.29) is 25.5 Å². The van der Waals surface area contributed by atoms with E-state index in [1.807, 2.05) is 42.5 Å². The summed E-state index contributed by atoms with van der Waals surface area (Å²) in [5.74, 6) is 0. The van der Waals surface area contributed by atoms with Crippen LogP contribution >= 0.6 is 0 Å². The molecule has 0 bridgehead atoms. The molecule has 0 spiro atoms. The minimum atomic E-state index is -0.112. The fraction of sp³-hybridized carbons (Fsp3) is 0.128. The van der Waals surface area contributed by atoms with Gasteiger partial charge in [0.2, 0.25) is 0 Å². The van der Waals surface area contributed by atoms with Crippen molar-refractivity contribution >= 4 is 33.5 Å². The minimum Gasteiger partial charge on any atom is -0.493 e. The van der Waals surface area contributed by atoms with E-state index in [0.29, 0.717) is 0 Å². The topological polar surface area (TPSA) is 19.4 Å². The Bertz CT molecular complexity index is 1860. The molecule has 0 aliphatic carbocycles. The van der Waals surface area contributed by atoms with Gasteiger partial charge in [-0.15, -0.1) is 65.0 Å². The van der Waals surface area contributed by atoms with Crippen molar-refractivity contribution in [2.45, 2.75) is 33.1 Å². The molecule has 8 rings (SSSR count). The predicted molar refractivity (Wildman–Crippen MR) is 174 cm³/mol. The number of pyridine rings is 1. The zero-order chi connectivity index (χ0) is 28.8. The molecule has 2 aliphatic rings. The molecule has 3 nitrogen and oxygen atoms in total. The van der Waals surface area contributed by atoms with Crippen LogP contribution in [0.5, 0.6) is 0 Å². The quantitative estimate of drug-likeness (QED) is 0.165. The van der Waals surface area contributed by atoms with Crippen LogP contribution in [0.15, 0.2) is 115 Å². The van der Waals surface area contributed by atoms with Crippen LogP contribution in [-0.2, 0) is 25.5 Å². The predicted octanol–water partition coefficient (Wildman–Crippen LogP) is 9.85. The zero-order valence-electron chi connectivity index (χ0n) is 24.7. The summed E-state index contributed by atoms with van der Waals surface area (Å²) in [4.78, 5) is 8.93. The SMILES string of the molecule is Cc1cccc(C)c1N1[CH-]N2c3[c-]cc4ccccc4c3C(C)(C)c3cccc1c32.[Ir+3].[c-]1ccccc1-c1ccccn1. The Kier molecular flexibility index (Phi) is 7.68. The number of nitrogens with zero attached hydrogens (tertiary/aromatic N) is 3. The first-order valence-electron chi connectivity index (χ1n) is 14.4. The first kappa shape index (κ1) is 28.9. The van der Waals surface area contributed by atoms with E-state index >= 15 is 0 Å². The molecular formula is C39H32IrN3. The Balaban J connectivity index is 0.000000213. The number of hydrogen-bond donors (Lipinski definition) is 0. The number of hydrogen-bond acceptors (Lipinski definition) is 3. The van der Waals surface area contributed by atoms with Gasteiger partial charge >= 0.3 is 20.1 Å². The summed E-state index contributed by atoms with van der Waals surface area (Å²) in [6.07, 6.45) is 1.79. The molecular weight excluding hydrogens is 703 g/mol. The summed E-state index contributed by atoms with van der Waals surface area (Å²) in [5.41, 5.74) is 12.1. The van der Waals surface area contributed by atoms with Crippen LogP contribution in [0.1, 0.15) is 36.1 Å². The van der Waals surface area contributed by atoms with Crippen LogP contribution in [0.2, 0.25) is 0 Å². The van der Waals surface area contributed by atoms with Crippen molar-refractivity contribution in [3.63, 3.8) is 0 Å². The summed E-state index contributed by atoms with van der Waals surface area (Å²) in [7, 11) is 0. The van der Waals surface area contributed by atoms with Gasteiger partial charge in [-0.25, -0.2) is 0 Å². The van der Waals surface area contributed by atoms with Gasteiger partial charge in [-0.1, -0.05) is 80.2 Å². The van der Waals surface area contributed by atoms with E-state index in [2.05, 4.69) is 128 Å². The van der Waals surface area contributed by atoms with E-state index in [9.17, 15) is 0 Å². The molecule has 0 N–H and O–H groups in total. The van der Waals surface area contributed by atoms with Crippen LogP contribution < -0.4 is 9.80 Å². The van der Waals surface area contributed by atoms with E-state index < -0.39 is 0 Å². The van der Waals surface area contributed by atoms with Crippen molar-refractivity contribution in [3.05, 3.63) is 156 Å². The average Bonchev–Trinajstić information content (AvgIpc) is 3.40. The van der Waals surface area contributed by atoms with Crippen molar-refractivity contribution < 1.29 is 20.1 Å². The van der Waals surface area contributed by atoms with Gasteiger partial charge in [0.25, 0.3) is 0 Å². The molecule has 2 aliphatic heterocycles. The van der Waals surface area contributed by atoms with Crippen molar-refractivity contribution in [2.24, 2.45) is 0 Å². The first-order valence-corrected chi connectivity index (χ1v) is 14.4. The fourth-order valence-corrected chi connectivity index (χ4v) is 6.48. The number of anilines is 4. The molecule has 6 aromatic rings. The van der Waals surface area contributed by atoms with E-state index in [0.717, 1.165) is 16.9 Å².